The van der Waals surface area contributed by atoms with E-state index in [-0.39, 0.29) is 0 Å². The molecule has 0 saturated carbocycles. The number of hydrogen-bond donors (Lipinski definition) is 0. The minimum absolute atomic E-state index is 1.29. The minimum Gasteiger partial charge on any atom is -0.136 e. The average molecular weight is 605 g/mol. The maximum atomic E-state index is 2.32. The molecule has 2 aromatic heterocycles. The molecule has 0 spiro atoms. The summed E-state index contributed by atoms with van der Waals surface area (Å²) in [4.78, 5) is 5.22. The predicted octanol–water partition coefficient (Wildman–Crippen LogP) is 11.2. The Morgan fingerprint density at radius 3 is 1.12 bits per heavy atom. The first kappa shape index (κ1) is 26.0. The lowest BCUT2D eigenvalue weighted by Crippen LogP contribution is -1.63. The topological polar surface area (TPSA) is 0 Å². The van der Waals surface area contributed by atoms with Gasteiger partial charge >= 0.3 is 0 Å². The molecule has 0 atom stereocenters. The van der Waals surface area contributed by atoms with Gasteiger partial charge in [-0.15, -0.1) is 69.7 Å². The van der Waals surface area contributed by atoms with Gasteiger partial charge in [-0.05, 0) is 73.6 Å². The van der Waals surface area contributed by atoms with Gasteiger partial charge in [-0.1, -0.05) is 47.0 Å². The number of hydrogen-bond acceptors (Lipinski definition) is 10. The van der Waals surface area contributed by atoms with E-state index in [2.05, 4.69) is 73.6 Å². The molecule has 0 amide bonds. The van der Waals surface area contributed by atoms with Crippen LogP contribution in [-0.2, 0) is 0 Å². The Bertz CT molecular complexity index is 1000. The maximum absolute atomic E-state index is 2.32. The zero-order chi connectivity index (χ0) is 22.5. The highest BCUT2D eigenvalue weighted by Crippen LogP contribution is 2.57. The first-order chi connectivity index (χ1) is 15.6. The number of rotatable bonds is 8. The van der Waals surface area contributed by atoms with E-state index in [4.69, 9.17) is 0 Å². The van der Waals surface area contributed by atoms with Crippen molar-refractivity contribution in [3.63, 3.8) is 0 Å². The molecule has 0 bridgehead atoms. The van der Waals surface area contributed by atoms with Crippen LogP contribution in [0.2, 0.25) is 0 Å². The maximum Gasteiger partial charge on any atom is 0.0657 e. The van der Waals surface area contributed by atoms with Crippen LogP contribution in [0.15, 0.2) is 49.7 Å². The van der Waals surface area contributed by atoms with Gasteiger partial charge in [0.15, 0.2) is 0 Å². The molecule has 0 fully saturated rings. The molecule has 32 heavy (non-hydrogen) atoms. The molecule has 0 nitrogen and oxygen atoms in total. The molecule has 4 rings (SSSR count). The molecule has 0 N–H and O–H groups in total. The van der Waals surface area contributed by atoms with E-state index >= 15 is 0 Å². The second-order valence-electron chi connectivity index (χ2n) is 6.11. The van der Waals surface area contributed by atoms with E-state index in [1.165, 1.54) is 44.9 Å². The van der Waals surface area contributed by atoms with E-state index in [0.717, 1.165) is 0 Å². The van der Waals surface area contributed by atoms with Crippen molar-refractivity contribution in [3.8, 4) is 0 Å². The Hall–Kier alpha value is 0.900. The largest absolute Gasteiger partial charge is 0.136 e. The zero-order valence-electron chi connectivity index (χ0n) is 17.7. The van der Waals surface area contributed by atoms with Crippen LogP contribution in [0.25, 0.3) is 24.3 Å². The van der Waals surface area contributed by atoms with Crippen LogP contribution in [0.1, 0.15) is 19.5 Å². The Kier molecular flexibility index (Phi) is 10.3. The standard InChI is InChI=1S/C22H20S10/c1-23-19-20(24-2)30-17(29-19)11-15-9-7-13(27-15)5-6-14-8-10-16(28-14)12-18-31-21(25-3)22(26-4)32-18/h5-12H,1-4H3/b6-5+. The van der Waals surface area contributed by atoms with Gasteiger partial charge in [-0.3, -0.25) is 0 Å². The Morgan fingerprint density at radius 1 is 0.500 bits per heavy atom. The fourth-order valence-electron chi connectivity index (χ4n) is 2.66. The predicted molar refractivity (Wildman–Crippen MR) is 172 cm³/mol. The fraction of sp³-hybridized carbons (Fsp3) is 0.182. The third-order valence-electron chi connectivity index (χ3n) is 4.08. The molecule has 10 heteroatoms. The first-order valence-electron chi connectivity index (χ1n) is 9.29. The summed E-state index contributed by atoms with van der Waals surface area (Å²) in [6.07, 6.45) is 17.8. The fourth-order valence-corrected chi connectivity index (χ4v) is 14.5. The van der Waals surface area contributed by atoms with Gasteiger partial charge < -0.3 is 0 Å². The molecule has 2 aromatic rings. The lowest BCUT2D eigenvalue weighted by Gasteiger charge is -1.94. The van der Waals surface area contributed by atoms with Crippen LogP contribution < -0.4 is 0 Å². The number of thioether (sulfide) groups is 8. The van der Waals surface area contributed by atoms with Crippen molar-refractivity contribution in [2.24, 2.45) is 0 Å². The van der Waals surface area contributed by atoms with Gasteiger partial charge in [0, 0.05) is 19.5 Å². The molecule has 2 aliphatic rings. The van der Waals surface area contributed by atoms with Gasteiger partial charge in [-0.25, -0.2) is 0 Å². The van der Waals surface area contributed by atoms with Crippen LogP contribution in [-0.4, -0.2) is 25.0 Å². The van der Waals surface area contributed by atoms with Crippen LogP contribution in [0.5, 0.6) is 0 Å². The zero-order valence-corrected chi connectivity index (χ0v) is 25.9. The van der Waals surface area contributed by atoms with Crippen LogP contribution >= 0.6 is 117 Å². The third-order valence-corrected chi connectivity index (χ3v) is 16.2. The van der Waals surface area contributed by atoms with Crippen molar-refractivity contribution in [1.82, 2.24) is 0 Å². The summed E-state index contributed by atoms with van der Waals surface area (Å²) >= 11 is 18.7. The lowest BCUT2D eigenvalue weighted by atomic mass is 10.3. The highest BCUT2D eigenvalue weighted by Gasteiger charge is 2.21. The summed E-state index contributed by atoms with van der Waals surface area (Å²) < 4.78 is 8.44. The summed E-state index contributed by atoms with van der Waals surface area (Å²) in [6, 6.07) is 8.90. The quantitative estimate of drug-likeness (QED) is 0.288. The summed E-state index contributed by atoms with van der Waals surface area (Å²) in [5, 5.41) is 0. The minimum atomic E-state index is 1.29. The van der Waals surface area contributed by atoms with Crippen molar-refractivity contribution in [2.45, 2.75) is 0 Å². The molecule has 2 aliphatic heterocycles. The molecule has 0 radical (unpaired) electrons. The SMILES string of the molecule is CSC1=C(SC)SC(=Cc2ccc(/C=C/c3ccc(C=C4SC(SC)=C(SC)S4)s3)s2)S1. The highest BCUT2D eigenvalue weighted by molar-refractivity contribution is 8.41. The summed E-state index contributed by atoms with van der Waals surface area (Å²) in [5.41, 5.74) is 0. The van der Waals surface area contributed by atoms with Crippen molar-refractivity contribution in [2.75, 3.05) is 25.0 Å². The second kappa shape index (κ2) is 12.7. The van der Waals surface area contributed by atoms with Crippen LogP contribution in [0.3, 0.4) is 0 Å². The molecular formula is C22H20S10. The molecule has 4 heterocycles. The normalized spacial score (nSPS) is 16.9. The van der Waals surface area contributed by atoms with Crippen molar-refractivity contribution >= 4 is 141 Å². The summed E-state index contributed by atoms with van der Waals surface area (Å²) in [7, 11) is 0. The van der Waals surface area contributed by atoms with E-state index in [1.54, 1.807) is 0 Å². The van der Waals surface area contributed by atoms with Crippen LogP contribution in [0.4, 0.5) is 0 Å². The average Bonchev–Trinajstić information content (AvgIpc) is 3.59. The molecular weight excluding hydrogens is 585 g/mol. The first-order valence-corrected chi connectivity index (χ1v) is 19.1. The third kappa shape index (κ3) is 6.77. The van der Waals surface area contributed by atoms with E-state index in [9.17, 15) is 0 Å². The highest BCUT2D eigenvalue weighted by atomic mass is 32.3. The summed E-state index contributed by atoms with van der Waals surface area (Å²) in [6.45, 7) is 0. The Labute approximate surface area is 232 Å². The van der Waals surface area contributed by atoms with Gasteiger partial charge in [0.2, 0.25) is 0 Å². The van der Waals surface area contributed by atoms with Gasteiger partial charge in [0.05, 0.1) is 25.4 Å². The van der Waals surface area contributed by atoms with Crippen molar-refractivity contribution < 1.29 is 0 Å². The van der Waals surface area contributed by atoms with Gasteiger partial charge in [0.25, 0.3) is 0 Å². The molecule has 0 unspecified atom stereocenters. The van der Waals surface area contributed by atoms with Gasteiger partial charge in [0.1, 0.15) is 0 Å². The number of thiophene rings is 2. The van der Waals surface area contributed by atoms with E-state index in [0.29, 0.717) is 0 Å². The lowest BCUT2D eigenvalue weighted by molar-refractivity contribution is 1.90. The van der Waals surface area contributed by atoms with Gasteiger partial charge in [-0.2, -0.15) is 0 Å². The smallest absolute Gasteiger partial charge is 0.0657 e. The van der Waals surface area contributed by atoms with E-state index < -0.39 is 0 Å². The Morgan fingerprint density at radius 2 is 0.812 bits per heavy atom. The van der Waals surface area contributed by atoms with Crippen LogP contribution in [0, 0.1) is 0 Å². The molecule has 0 aliphatic carbocycles. The second-order valence-corrected chi connectivity index (χ2v) is 17.4. The Balaban J connectivity index is 1.38. The molecule has 168 valence electrons. The van der Waals surface area contributed by atoms with E-state index in [1.807, 2.05) is 117 Å². The van der Waals surface area contributed by atoms with Crippen molar-refractivity contribution in [1.29, 1.82) is 0 Å². The molecule has 0 saturated heterocycles. The summed E-state index contributed by atoms with van der Waals surface area (Å²) in [5.74, 6) is 0. The molecule has 0 aromatic carbocycles. The monoisotopic (exact) mass is 604 g/mol. The van der Waals surface area contributed by atoms with Crippen molar-refractivity contribution in [3.05, 3.63) is 69.2 Å².